The Hall–Kier alpha value is -1.62. The Balaban J connectivity index is 2.83. The first-order valence-corrected chi connectivity index (χ1v) is 7.10. The van der Waals surface area contributed by atoms with Gasteiger partial charge in [0.2, 0.25) is 0 Å². The fourth-order valence-electron chi connectivity index (χ4n) is 2.70. The number of rotatable bonds is 6. The zero-order valence-electron chi connectivity index (χ0n) is 13.8. The Morgan fingerprint density at radius 1 is 1.19 bits per heavy atom. The molecule has 118 valence electrons. The highest BCUT2D eigenvalue weighted by atomic mass is 16.6. The standard InChI is InChI=1S/C16H26N2O3/c1-15(2,3)11-16(4,5)17-10-12-7-13(18(19)20)9-14(8-12)21-6/h7-9,17H,10-11H2,1-6H3. The number of hydrogen-bond acceptors (Lipinski definition) is 4. The molecule has 1 aromatic carbocycles. The van der Waals surface area contributed by atoms with E-state index in [1.807, 2.05) is 6.07 Å². The molecule has 0 aliphatic rings. The molecule has 0 aliphatic carbocycles. The van der Waals surface area contributed by atoms with E-state index < -0.39 is 4.92 Å². The van der Waals surface area contributed by atoms with Gasteiger partial charge in [-0.1, -0.05) is 20.8 Å². The first kappa shape index (κ1) is 17.4. The van der Waals surface area contributed by atoms with Crippen LogP contribution in [-0.2, 0) is 6.54 Å². The maximum Gasteiger partial charge on any atom is 0.273 e. The second kappa shape index (κ2) is 6.43. The third-order valence-electron chi connectivity index (χ3n) is 3.14. The molecule has 1 N–H and O–H groups in total. The average molecular weight is 294 g/mol. The molecule has 0 fully saturated rings. The van der Waals surface area contributed by atoms with E-state index in [2.05, 4.69) is 39.9 Å². The van der Waals surface area contributed by atoms with Crippen LogP contribution in [-0.4, -0.2) is 17.6 Å². The van der Waals surface area contributed by atoms with Gasteiger partial charge in [0.15, 0.2) is 0 Å². The summed E-state index contributed by atoms with van der Waals surface area (Å²) in [5.74, 6) is 0.509. The van der Waals surface area contributed by atoms with Crippen molar-refractivity contribution < 1.29 is 9.66 Å². The predicted molar refractivity (Wildman–Crippen MR) is 84.6 cm³/mol. The van der Waals surface area contributed by atoms with Crippen LogP contribution in [0, 0.1) is 15.5 Å². The maximum absolute atomic E-state index is 10.9. The van der Waals surface area contributed by atoms with Gasteiger partial charge in [0, 0.05) is 18.2 Å². The summed E-state index contributed by atoms with van der Waals surface area (Å²) in [7, 11) is 1.51. The van der Waals surface area contributed by atoms with Crippen molar-refractivity contribution in [3.05, 3.63) is 33.9 Å². The van der Waals surface area contributed by atoms with Crippen LogP contribution in [0.15, 0.2) is 18.2 Å². The SMILES string of the molecule is COc1cc(CNC(C)(C)CC(C)(C)C)cc([N+](=O)[O-])c1. The van der Waals surface area contributed by atoms with Crippen LogP contribution in [0.3, 0.4) is 0 Å². The summed E-state index contributed by atoms with van der Waals surface area (Å²) in [5.41, 5.74) is 1.08. The van der Waals surface area contributed by atoms with E-state index >= 15 is 0 Å². The lowest BCUT2D eigenvalue weighted by Crippen LogP contribution is -2.41. The van der Waals surface area contributed by atoms with Gasteiger partial charge in [0.05, 0.1) is 18.1 Å². The van der Waals surface area contributed by atoms with E-state index in [1.165, 1.54) is 13.2 Å². The molecular weight excluding hydrogens is 268 g/mol. The van der Waals surface area contributed by atoms with Crippen LogP contribution in [0.5, 0.6) is 5.75 Å². The highest BCUT2D eigenvalue weighted by Crippen LogP contribution is 2.28. The Kier molecular flexibility index (Phi) is 5.34. The number of nitrogens with zero attached hydrogens (tertiary/aromatic N) is 1. The third-order valence-corrected chi connectivity index (χ3v) is 3.14. The molecule has 0 spiro atoms. The largest absolute Gasteiger partial charge is 0.496 e. The zero-order valence-corrected chi connectivity index (χ0v) is 13.8. The fraction of sp³-hybridized carbons (Fsp3) is 0.625. The molecule has 0 amide bonds. The molecule has 1 aromatic rings. The average Bonchev–Trinajstić information content (AvgIpc) is 2.33. The number of hydrogen-bond donors (Lipinski definition) is 1. The minimum atomic E-state index is -0.397. The number of benzene rings is 1. The second-order valence-electron chi connectivity index (χ2n) is 7.27. The zero-order chi connectivity index (χ0) is 16.3. The van der Waals surface area contributed by atoms with Crippen molar-refractivity contribution in [3.63, 3.8) is 0 Å². The van der Waals surface area contributed by atoms with E-state index in [0.717, 1.165) is 12.0 Å². The van der Waals surface area contributed by atoms with Crippen LogP contribution < -0.4 is 10.1 Å². The summed E-state index contributed by atoms with van der Waals surface area (Å²) >= 11 is 0. The number of non-ortho nitro benzene ring substituents is 1. The Morgan fingerprint density at radius 3 is 2.29 bits per heavy atom. The number of ether oxygens (including phenoxy) is 1. The summed E-state index contributed by atoms with van der Waals surface area (Å²) in [6.07, 6.45) is 1.01. The topological polar surface area (TPSA) is 64.4 Å². The molecule has 0 bridgehead atoms. The molecule has 5 heteroatoms. The Labute approximate surface area is 126 Å². The smallest absolute Gasteiger partial charge is 0.273 e. The van der Waals surface area contributed by atoms with Crippen LogP contribution in [0.4, 0.5) is 5.69 Å². The molecule has 0 aliphatic heterocycles. The molecule has 0 saturated carbocycles. The fourth-order valence-corrected chi connectivity index (χ4v) is 2.70. The molecule has 0 unspecified atom stereocenters. The van der Waals surface area contributed by atoms with Gasteiger partial charge in [-0.3, -0.25) is 10.1 Å². The van der Waals surface area contributed by atoms with E-state index in [4.69, 9.17) is 4.74 Å². The molecular formula is C16H26N2O3. The number of nitro groups is 1. The molecule has 5 nitrogen and oxygen atoms in total. The first-order chi connectivity index (χ1) is 9.52. The molecule has 0 saturated heterocycles. The van der Waals surface area contributed by atoms with Crippen LogP contribution in [0.25, 0.3) is 0 Å². The molecule has 0 heterocycles. The predicted octanol–water partition coefficient (Wildman–Crippen LogP) is 3.91. The van der Waals surface area contributed by atoms with Gasteiger partial charge < -0.3 is 10.1 Å². The molecule has 0 aromatic heterocycles. The van der Waals surface area contributed by atoms with E-state index in [9.17, 15) is 10.1 Å². The van der Waals surface area contributed by atoms with Crippen molar-refractivity contribution in [1.82, 2.24) is 5.32 Å². The van der Waals surface area contributed by atoms with Gasteiger partial charge in [-0.05, 0) is 37.3 Å². The van der Waals surface area contributed by atoms with Gasteiger partial charge in [0.25, 0.3) is 5.69 Å². The van der Waals surface area contributed by atoms with Gasteiger partial charge in [0.1, 0.15) is 5.75 Å². The van der Waals surface area contributed by atoms with Gasteiger partial charge in [-0.2, -0.15) is 0 Å². The van der Waals surface area contributed by atoms with Crippen molar-refractivity contribution in [2.45, 2.75) is 53.1 Å². The summed E-state index contributed by atoms with van der Waals surface area (Å²) in [6, 6.07) is 4.85. The minimum Gasteiger partial charge on any atom is -0.496 e. The van der Waals surface area contributed by atoms with Crippen molar-refractivity contribution in [2.24, 2.45) is 5.41 Å². The van der Waals surface area contributed by atoms with Crippen molar-refractivity contribution in [1.29, 1.82) is 0 Å². The summed E-state index contributed by atoms with van der Waals surface area (Å²) < 4.78 is 5.13. The Bertz CT molecular complexity index is 505. The van der Waals surface area contributed by atoms with Crippen molar-refractivity contribution in [3.8, 4) is 5.75 Å². The van der Waals surface area contributed by atoms with Crippen molar-refractivity contribution in [2.75, 3.05) is 7.11 Å². The lowest BCUT2D eigenvalue weighted by Gasteiger charge is -2.33. The third kappa shape index (κ3) is 6.12. The lowest BCUT2D eigenvalue weighted by atomic mass is 9.82. The van der Waals surface area contributed by atoms with Crippen LogP contribution in [0.2, 0.25) is 0 Å². The molecule has 0 radical (unpaired) electrons. The van der Waals surface area contributed by atoms with Crippen LogP contribution >= 0.6 is 0 Å². The highest BCUT2D eigenvalue weighted by Gasteiger charge is 2.25. The quantitative estimate of drug-likeness (QED) is 0.638. The Morgan fingerprint density at radius 2 is 1.81 bits per heavy atom. The number of methoxy groups -OCH3 is 1. The minimum absolute atomic E-state index is 0.0455. The number of nitro benzene ring substituents is 1. The van der Waals surface area contributed by atoms with Crippen molar-refractivity contribution >= 4 is 5.69 Å². The van der Waals surface area contributed by atoms with Gasteiger partial charge in [-0.15, -0.1) is 0 Å². The van der Waals surface area contributed by atoms with E-state index in [-0.39, 0.29) is 16.6 Å². The first-order valence-electron chi connectivity index (χ1n) is 7.10. The summed E-state index contributed by atoms with van der Waals surface area (Å²) in [6.45, 7) is 11.5. The second-order valence-corrected chi connectivity index (χ2v) is 7.27. The van der Waals surface area contributed by atoms with E-state index in [0.29, 0.717) is 12.3 Å². The number of nitrogens with one attached hydrogen (secondary N) is 1. The summed E-state index contributed by atoms with van der Waals surface area (Å²) in [5, 5.41) is 14.4. The van der Waals surface area contributed by atoms with E-state index in [1.54, 1.807) is 6.07 Å². The molecule has 1 rings (SSSR count). The lowest BCUT2D eigenvalue weighted by molar-refractivity contribution is -0.385. The van der Waals surface area contributed by atoms with Crippen LogP contribution in [0.1, 0.15) is 46.6 Å². The molecule has 21 heavy (non-hydrogen) atoms. The summed E-state index contributed by atoms with van der Waals surface area (Å²) in [4.78, 5) is 10.5. The van der Waals surface area contributed by atoms with Gasteiger partial charge >= 0.3 is 0 Å². The molecule has 0 atom stereocenters. The monoisotopic (exact) mass is 294 g/mol. The normalized spacial score (nSPS) is 12.3. The highest BCUT2D eigenvalue weighted by molar-refractivity contribution is 5.42. The maximum atomic E-state index is 10.9. The van der Waals surface area contributed by atoms with Gasteiger partial charge in [-0.25, -0.2) is 0 Å².